The van der Waals surface area contributed by atoms with Crippen LogP contribution in [0.1, 0.15) is 37.2 Å². The van der Waals surface area contributed by atoms with Gasteiger partial charge < -0.3 is 5.32 Å². The zero-order chi connectivity index (χ0) is 16.1. The minimum atomic E-state index is -0.0307. The molecule has 3 rings (SSSR count). The van der Waals surface area contributed by atoms with Crippen molar-refractivity contribution < 1.29 is 4.79 Å². The lowest BCUT2D eigenvalue weighted by Crippen LogP contribution is -2.36. The fourth-order valence-corrected chi connectivity index (χ4v) is 4.23. The van der Waals surface area contributed by atoms with Crippen LogP contribution in [0.4, 0.5) is 0 Å². The molecule has 1 fully saturated rings. The number of carbonyl (C=O) groups is 1. The lowest BCUT2D eigenvalue weighted by atomic mass is 9.73. The van der Waals surface area contributed by atoms with E-state index >= 15 is 0 Å². The fourth-order valence-electron chi connectivity index (χ4n) is 3.58. The molecule has 3 nitrogen and oxygen atoms in total. The Morgan fingerprint density at radius 1 is 1.26 bits per heavy atom. The van der Waals surface area contributed by atoms with E-state index in [2.05, 4.69) is 46.4 Å². The number of hydrogen-bond acceptors (Lipinski definition) is 3. The molecule has 2 aromatic rings. The van der Waals surface area contributed by atoms with Gasteiger partial charge in [-0.1, -0.05) is 37.1 Å². The fraction of sp³-hybridized carbons (Fsp3) is 0.368. The Morgan fingerprint density at radius 3 is 2.87 bits per heavy atom. The molecular weight excluding hydrogens is 304 g/mol. The number of nitrogens with one attached hydrogen (secondary N) is 1. The van der Waals surface area contributed by atoms with Gasteiger partial charge in [0.2, 0.25) is 5.91 Å². The SMILES string of the molecule is N#CCNC(=O)C1CCCCC1c1ccccc1-c1ccsc1. The molecule has 1 saturated carbocycles. The maximum atomic E-state index is 12.5. The van der Waals surface area contributed by atoms with Crippen molar-refractivity contribution in [2.45, 2.75) is 31.6 Å². The summed E-state index contributed by atoms with van der Waals surface area (Å²) in [5.41, 5.74) is 3.73. The summed E-state index contributed by atoms with van der Waals surface area (Å²) in [6.07, 6.45) is 4.18. The molecule has 0 radical (unpaired) electrons. The van der Waals surface area contributed by atoms with E-state index in [1.54, 1.807) is 11.3 Å². The van der Waals surface area contributed by atoms with E-state index in [1.807, 2.05) is 6.07 Å². The quantitative estimate of drug-likeness (QED) is 0.851. The first-order valence-corrected chi connectivity index (χ1v) is 9.01. The Balaban J connectivity index is 1.92. The molecule has 1 heterocycles. The Labute approximate surface area is 141 Å². The summed E-state index contributed by atoms with van der Waals surface area (Å²) < 4.78 is 0. The number of hydrogen-bond donors (Lipinski definition) is 1. The van der Waals surface area contributed by atoms with Crippen LogP contribution in [0.2, 0.25) is 0 Å². The predicted molar refractivity (Wildman–Crippen MR) is 93.1 cm³/mol. The first kappa shape index (κ1) is 15.8. The monoisotopic (exact) mass is 324 g/mol. The summed E-state index contributed by atoms with van der Waals surface area (Å²) in [6.45, 7) is 0.0915. The molecule has 1 amide bonds. The zero-order valence-corrected chi connectivity index (χ0v) is 13.8. The van der Waals surface area contributed by atoms with Crippen molar-refractivity contribution in [3.8, 4) is 17.2 Å². The molecule has 2 unspecified atom stereocenters. The second-order valence-electron chi connectivity index (χ2n) is 5.97. The van der Waals surface area contributed by atoms with Crippen molar-refractivity contribution in [3.05, 3.63) is 46.7 Å². The smallest absolute Gasteiger partial charge is 0.224 e. The third kappa shape index (κ3) is 3.46. The van der Waals surface area contributed by atoms with Gasteiger partial charge in [-0.3, -0.25) is 4.79 Å². The number of amides is 1. The van der Waals surface area contributed by atoms with Gasteiger partial charge in [0.1, 0.15) is 6.54 Å². The highest BCUT2D eigenvalue weighted by molar-refractivity contribution is 7.08. The molecule has 0 bridgehead atoms. The summed E-state index contributed by atoms with van der Waals surface area (Å²) in [4.78, 5) is 12.5. The zero-order valence-electron chi connectivity index (χ0n) is 13.0. The molecule has 1 aliphatic carbocycles. The lowest BCUT2D eigenvalue weighted by molar-refractivity contribution is -0.126. The van der Waals surface area contributed by atoms with Crippen LogP contribution in [0.5, 0.6) is 0 Å². The number of thiophene rings is 1. The van der Waals surface area contributed by atoms with Gasteiger partial charge >= 0.3 is 0 Å². The summed E-state index contributed by atoms with van der Waals surface area (Å²) in [5, 5.41) is 15.7. The van der Waals surface area contributed by atoms with Crippen LogP contribution in [0.3, 0.4) is 0 Å². The lowest BCUT2D eigenvalue weighted by Gasteiger charge is -2.32. The Morgan fingerprint density at radius 2 is 2.09 bits per heavy atom. The normalized spacial score (nSPS) is 20.7. The van der Waals surface area contributed by atoms with E-state index in [0.717, 1.165) is 25.7 Å². The Kier molecular flexibility index (Phi) is 5.09. The highest BCUT2D eigenvalue weighted by atomic mass is 32.1. The summed E-state index contributed by atoms with van der Waals surface area (Å²) in [5.74, 6) is 0.229. The number of carbonyl (C=O) groups excluding carboxylic acids is 1. The molecule has 118 valence electrons. The van der Waals surface area contributed by atoms with Gasteiger partial charge in [0.15, 0.2) is 0 Å². The third-order valence-electron chi connectivity index (χ3n) is 4.64. The van der Waals surface area contributed by atoms with E-state index < -0.39 is 0 Å². The Hall–Kier alpha value is -2.12. The minimum absolute atomic E-state index is 0.0244. The number of nitrogens with zero attached hydrogens (tertiary/aromatic N) is 1. The van der Waals surface area contributed by atoms with Crippen LogP contribution in [-0.4, -0.2) is 12.5 Å². The van der Waals surface area contributed by atoms with Crippen molar-refractivity contribution in [2.75, 3.05) is 6.54 Å². The van der Waals surface area contributed by atoms with Gasteiger partial charge in [0.25, 0.3) is 0 Å². The maximum absolute atomic E-state index is 12.5. The average Bonchev–Trinajstić information content (AvgIpc) is 3.14. The highest BCUT2D eigenvalue weighted by Crippen LogP contribution is 2.42. The molecule has 0 saturated heterocycles. The van der Waals surface area contributed by atoms with E-state index in [1.165, 1.54) is 16.7 Å². The first-order chi connectivity index (χ1) is 11.3. The van der Waals surface area contributed by atoms with Crippen molar-refractivity contribution >= 4 is 17.2 Å². The molecule has 1 aliphatic rings. The molecule has 4 heteroatoms. The number of benzene rings is 1. The molecule has 2 atom stereocenters. The van der Waals surface area contributed by atoms with Crippen molar-refractivity contribution in [3.63, 3.8) is 0 Å². The Bertz CT molecular complexity index is 702. The van der Waals surface area contributed by atoms with Gasteiger partial charge in [-0.25, -0.2) is 0 Å². The molecule has 1 aromatic carbocycles. The molecular formula is C19H20N2OS. The molecule has 1 aromatic heterocycles. The van der Waals surface area contributed by atoms with Gasteiger partial charge in [0, 0.05) is 5.92 Å². The standard InChI is InChI=1S/C19H20N2OS/c20-10-11-21-19(22)18-8-4-3-7-17(18)16-6-2-1-5-15(16)14-9-12-23-13-14/h1-2,5-6,9,12-13,17-18H,3-4,7-8,11H2,(H,21,22). The van der Waals surface area contributed by atoms with Gasteiger partial charge in [-0.2, -0.15) is 16.6 Å². The molecule has 0 spiro atoms. The van der Waals surface area contributed by atoms with Crippen LogP contribution in [0.15, 0.2) is 41.1 Å². The number of nitriles is 1. The average molecular weight is 324 g/mol. The van der Waals surface area contributed by atoms with E-state index in [0.29, 0.717) is 0 Å². The van der Waals surface area contributed by atoms with E-state index in [-0.39, 0.29) is 24.3 Å². The number of rotatable bonds is 4. The summed E-state index contributed by atoms with van der Waals surface area (Å²) >= 11 is 1.69. The van der Waals surface area contributed by atoms with Crippen molar-refractivity contribution in [1.29, 1.82) is 5.26 Å². The molecule has 23 heavy (non-hydrogen) atoms. The van der Waals surface area contributed by atoms with E-state index in [4.69, 9.17) is 5.26 Å². The van der Waals surface area contributed by atoms with Crippen LogP contribution in [0, 0.1) is 17.2 Å². The van der Waals surface area contributed by atoms with Crippen molar-refractivity contribution in [2.24, 2.45) is 5.92 Å². The highest BCUT2D eigenvalue weighted by Gasteiger charge is 2.33. The minimum Gasteiger partial charge on any atom is -0.343 e. The predicted octanol–water partition coefficient (Wildman–Crippen LogP) is 4.33. The second kappa shape index (κ2) is 7.43. The van der Waals surface area contributed by atoms with Gasteiger partial charge in [-0.05, 0) is 52.3 Å². The van der Waals surface area contributed by atoms with Crippen molar-refractivity contribution in [1.82, 2.24) is 5.32 Å². The van der Waals surface area contributed by atoms with Crippen LogP contribution < -0.4 is 5.32 Å². The molecule has 1 N–H and O–H groups in total. The van der Waals surface area contributed by atoms with Gasteiger partial charge in [0.05, 0.1) is 6.07 Å². The first-order valence-electron chi connectivity index (χ1n) is 8.07. The van der Waals surface area contributed by atoms with Crippen LogP contribution >= 0.6 is 11.3 Å². The summed E-state index contributed by atoms with van der Waals surface area (Å²) in [7, 11) is 0. The maximum Gasteiger partial charge on any atom is 0.224 e. The van der Waals surface area contributed by atoms with Crippen LogP contribution in [-0.2, 0) is 4.79 Å². The topological polar surface area (TPSA) is 52.9 Å². The molecule has 0 aliphatic heterocycles. The summed E-state index contributed by atoms with van der Waals surface area (Å²) in [6, 6.07) is 12.6. The van der Waals surface area contributed by atoms with Crippen LogP contribution in [0.25, 0.3) is 11.1 Å². The second-order valence-corrected chi connectivity index (χ2v) is 6.75. The third-order valence-corrected chi connectivity index (χ3v) is 5.32. The van der Waals surface area contributed by atoms with E-state index in [9.17, 15) is 4.79 Å². The largest absolute Gasteiger partial charge is 0.343 e. The van der Waals surface area contributed by atoms with Gasteiger partial charge in [-0.15, -0.1) is 0 Å².